The zero-order valence-corrected chi connectivity index (χ0v) is 17.1. The Balaban J connectivity index is 1.27. The molecule has 1 aromatic heterocycles. The number of nitrogen functional groups attached to an aromatic ring is 1. The summed E-state index contributed by atoms with van der Waals surface area (Å²) in [6.45, 7) is 0.614. The van der Waals surface area contributed by atoms with Crippen molar-refractivity contribution in [2.75, 3.05) is 18.9 Å². The van der Waals surface area contributed by atoms with Crippen LogP contribution >= 0.6 is 0 Å². The van der Waals surface area contributed by atoms with Gasteiger partial charge in [-0.2, -0.15) is 0 Å². The van der Waals surface area contributed by atoms with Crippen molar-refractivity contribution < 1.29 is 14.6 Å². The number of aliphatic hydroxyl groups excluding tert-OH is 1. The molecule has 6 heteroatoms. The Morgan fingerprint density at radius 3 is 2.48 bits per heavy atom. The van der Waals surface area contributed by atoms with Crippen molar-refractivity contribution >= 4 is 18.0 Å². The third-order valence-electron chi connectivity index (χ3n) is 5.43. The smallest absolute Gasteiger partial charge is 0.407 e. The van der Waals surface area contributed by atoms with Crippen molar-refractivity contribution in [1.82, 2.24) is 10.3 Å². The van der Waals surface area contributed by atoms with Crippen molar-refractivity contribution in [3.8, 4) is 11.1 Å². The van der Waals surface area contributed by atoms with Gasteiger partial charge in [0.25, 0.3) is 0 Å². The Morgan fingerprint density at radius 2 is 1.81 bits per heavy atom. The molecule has 1 amide bonds. The lowest BCUT2D eigenvalue weighted by Gasteiger charge is -2.14. The average molecular weight is 415 g/mol. The van der Waals surface area contributed by atoms with Gasteiger partial charge in [-0.3, -0.25) is 0 Å². The Bertz CT molecular complexity index is 1070. The lowest BCUT2D eigenvalue weighted by Crippen LogP contribution is -2.26. The Hall–Kier alpha value is -3.64. The van der Waals surface area contributed by atoms with Crippen molar-refractivity contribution in [1.29, 1.82) is 0 Å². The van der Waals surface area contributed by atoms with E-state index in [1.165, 1.54) is 22.3 Å². The number of benzene rings is 2. The van der Waals surface area contributed by atoms with E-state index in [2.05, 4.69) is 34.6 Å². The summed E-state index contributed by atoms with van der Waals surface area (Å²) >= 11 is 0. The molecule has 0 radical (unpaired) electrons. The van der Waals surface area contributed by atoms with Gasteiger partial charge in [-0.1, -0.05) is 60.7 Å². The average Bonchev–Trinajstić information content (AvgIpc) is 3.12. The first kappa shape index (κ1) is 20.6. The summed E-state index contributed by atoms with van der Waals surface area (Å²) in [5.74, 6) is 0.383. The van der Waals surface area contributed by atoms with Crippen LogP contribution in [0.2, 0.25) is 0 Å². The summed E-state index contributed by atoms with van der Waals surface area (Å²) < 4.78 is 5.52. The molecule has 1 heterocycles. The number of nitrogens with one attached hydrogen (secondary N) is 1. The highest BCUT2D eigenvalue weighted by Crippen LogP contribution is 2.44. The molecule has 0 saturated heterocycles. The van der Waals surface area contributed by atoms with Gasteiger partial charge in [-0.05, 0) is 40.3 Å². The summed E-state index contributed by atoms with van der Waals surface area (Å²) in [6.07, 6.45) is 5.67. The van der Waals surface area contributed by atoms with E-state index >= 15 is 0 Å². The molecule has 4 N–H and O–H groups in total. The Morgan fingerprint density at radius 1 is 1.13 bits per heavy atom. The van der Waals surface area contributed by atoms with E-state index in [1.54, 1.807) is 12.3 Å². The van der Waals surface area contributed by atoms with Crippen LogP contribution in [0, 0.1) is 0 Å². The minimum absolute atomic E-state index is 0.0526. The number of nitrogens with zero attached hydrogens (tertiary/aromatic N) is 1. The van der Waals surface area contributed by atoms with Crippen LogP contribution in [-0.2, 0) is 11.3 Å². The van der Waals surface area contributed by atoms with E-state index in [-0.39, 0.29) is 12.5 Å². The summed E-state index contributed by atoms with van der Waals surface area (Å²) in [6, 6.07) is 18.3. The number of aromatic nitrogens is 1. The maximum atomic E-state index is 12.2. The van der Waals surface area contributed by atoms with Crippen LogP contribution in [0.1, 0.15) is 34.6 Å². The molecule has 2 aromatic carbocycles. The number of ether oxygens (including phenoxy) is 1. The fourth-order valence-corrected chi connectivity index (χ4v) is 3.88. The molecule has 1 aliphatic rings. The molecule has 0 spiro atoms. The quantitative estimate of drug-likeness (QED) is 0.505. The largest absolute Gasteiger partial charge is 0.449 e. The minimum Gasteiger partial charge on any atom is -0.449 e. The number of nitrogens with two attached hydrogens (primary N) is 1. The number of hydrogen-bond acceptors (Lipinski definition) is 5. The molecule has 31 heavy (non-hydrogen) atoms. The molecule has 6 nitrogen and oxygen atoms in total. The maximum Gasteiger partial charge on any atom is 0.407 e. The number of fused-ring (bicyclic) bond motifs is 3. The molecule has 0 bridgehead atoms. The topological polar surface area (TPSA) is 97.5 Å². The van der Waals surface area contributed by atoms with E-state index in [4.69, 9.17) is 10.5 Å². The summed E-state index contributed by atoms with van der Waals surface area (Å²) in [7, 11) is 0. The van der Waals surface area contributed by atoms with Crippen LogP contribution in [0.25, 0.3) is 17.2 Å². The molecule has 3 aromatic rings. The Kier molecular flexibility index (Phi) is 6.29. The predicted molar refractivity (Wildman–Crippen MR) is 121 cm³/mol. The van der Waals surface area contributed by atoms with Gasteiger partial charge in [0.1, 0.15) is 12.4 Å². The number of hydrogen-bond donors (Lipinski definition) is 3. The number of pyridine rings is 1. The van der Waals surface area contributed by atoms with E-state index in [0.29, 0.717) is 31.0 Å². The molecule has 158 valence electrons. The van der Waals surface area contributed by atoms with E-state index in [1.807, 2.05) is 36.4 Å². The van der Waals surface area contributed by atoms with E-state index in [9.17, 15) is 9.90 Å². The predicted octanol–water partition coefficient (Wildman–Crippen LogP) is 4.10. The maximum absolute atomic E-state index is 12.2. The number of amides is 1. The van der Waals surface area contributed by atoms with Crippen LogP contribution in [0.3, 0.4) is 0 Å². The van der Waals surface area contributed by atoms with Crippen molar-refractivity contribution in [2.45, 2.75) is 18.9 Å². The monoisotopic (exact) mass is 415 g/mol. The first-order chi connectivity index (χ1) is 15.2. The van der Waals surface area contributed by atoms with Crippen LogP contribution < -0.4 is 11.1 Å². The first-order valence-corrected chi connectivity index (χ1v) is 10.3. The molecule has 0 fully saturated rings. The highest BCUT2D eigenvalue weighted by molar-refractivity contribution is 5.79. The van der Waals surface area contributed by atoms with E-state index in [0.717, 1.165) is 5.56 Å². The molecule has 4 rings (SSSR count). The number of aliphatic hydroxyl groups is 1. The van der Waals surface area contributed by atoms with Crippen molar-refractivity contribution in [2.24, 2.45) is 0 Å². The fourth-order valence-electron chi connectivity index (χ4n) is 3.88. The van der Waals surface area contributed by atoms with Gasteiger partial charge in [-0.15, -0.1) is 0 Å². The third-order valence-corrected chi connectivity index (χ3v) is 5.43. The zero-order valence-electron chi connectivity index (χ0n) is 17.1. The van der Waals surface area contributed by atoms with Gasteiger partial charge in [0, 0.05) is 24.2 Å². The Labute approximate surface area is 181 Å². The number of carbonyl (C=O) groups excluding carboxylic acids is 1. The third kappa shape index (κ3) is 4.59. The second-order valence-electron chi connectivity index (χ2n) is 7.41. The van der Waals surface area contributed by atoms with Crippen LogP contribution in [0.4, 0.5) is 10.6 Å². The van der Waals surface area contributed by atoms with Crippen molar-refractivity contribution in [3.05, 3.63) is 89.1 Å². The van der Waals surface area contributed by atoms with E-state index < -0.39 is 6.09 Å². The fraction of sp³-hybridized carbons (Fsp3) is 0.200. The molecule has 0 atom stereocenters. The number of carbonyl (C=O) groups is 1. The second kappa shape index (κ2) is 9.45. The van der Waals surface area contributed by atoms with Crippen molar-refractivity contribution in [3.63, 3.8) is 0 Å². The zero-order chi connectivity index (χ0) is 21.6. The normalized spacial score (nSPS) is 12.5. The van der Waals surface area contributed by atoms with Crippen LogP contribution in [0.5, 0.6) is 0 Å². The number of anilines is 1. The standard InChI is InChI=1S/C25H25N3O3/c26-24-18(15-29)13-17(14-28-24)7-5-6-12-27-25(30)31-16-23-21-10-3-1-8-19(21)20-9-2-4-11-22(20)23/h1-5,7-11,13-14,23,29H,6,12,15-16H2,(H2,26,28)(H,27,30). The first-order valence-electron chi connectivity index (χ1n) is 10.3. The van der Waals surface area contributed by atoms with Gasteiger partial charge in [0.2, 0.25) is 0 Å². The van der Waals surface area contributed by atoms with Gasteiger partial charge >= 0.3 is 6.09 Å². The highest BCUT2D eigenvalue weighted by Gasteiger charge is 2.28. The molecule has 0 unspecified atom stereocenters. The lowest BCUT2D eigenvalue weighted by molar-refractivity contribution is 0.143. The number of alkyl carbamates (subject to hydrolysis) is 1. The minimum atomic E-state index is -0.424. The number of rotatable bonds is 7. The molecule has 0 saturated carbocycles. The SMILES string of the molecule is Nc1ncc(C=CCCNC(=O)OCC2c3ccccc3-c3ccccc32)cc1CO. The van der Waals surface area contributed by atoms with Crippen LogP contribution in [0.15, 0.2) is 66.9 Å². The lowest BCUT2D eigenvalue weighted by atomic mass is 9.98. The van der Waals surface area contributed by atoms with Gasteiger partial charge < -0.3 is 20.9 Å². The molecule has 0 aliphatic heterocycles. The summed E-state index contributed by atoms with van der Waals surface area (Å²) in [4.78, 5) is 16.2. The molecule has 1 aliphatic carbocycles. The van der Waals surface area contributed by atoms with Gasteiger partial charge in [0.05, 0.1) is 6.61 Å². The summed E-state index contributed by atoms with van der Waals surface area (Å²) in [5.41, 5.74) is 11.9. The van der Waals surface area contributed by atoms with Crippen LogP contribution in [-0.4, -0.2) is 29.3 Å². The highest BCUT2D eigenvalue weighted by atomic mass is 16.5. The summed E-state index contributed by atoms with van der Waals surface area (Å²) in [5, 5.41) is 12.0. The van der Waals surface area contributed by atoms with Gasteiger partial charge in [-0.25, -0.2) is 9.78 Å². The molecular formula is C25H25N3O3. The second-order valence-corrected chi connectivity index (χ2v) is 7.41. The van der Waals surface area contributed by atoms with Gasteiger partial charge in [0.15, 0.2) is 0 Å². The molecular weight excluding hydrogens is 390 g/mol.